The van der Waals surface area contributed by atoms with Crippen LogP contribution >= 0.6 is 0 Å². The molecule has 0 aliphatic rings. The molecule has 3 heterocycles. The summed E-state index contributed by atoms with van der Waals surface area (Å²) in [7, 11) is 5.66. The molecule has 0 atom stereocenters. The number of aryl methyl sites for hydroxylation is 2. The van der Waals surface area contributed by atoms with E-state index in [9.17, 15) is 0 Å². The van der Waals surface area contributed by atoms with Crippen molar-refractivity contribution in [3.63, 3.8) is 0 Å². The Labute approximate surface area is 154 Å². The standard InChI is InChI=1S/C19H28N6O/c1-14(2)25-12-15(22-13-25)18(3,4)19(26-7,16-20-8-10-23(16)5)17-21-9-11-24(17)6/h8-14H,1-7H3. The highest BCUT2D eigenvalue weighted by atomic mass is 16.5. The third-order valence-electron chi connectivity index (χ3n) is 5.30. The summed E-state index contributed by atoms with van der Waals surface area (Å²) in [5, 5.41) is 0. The first kappa shape index (κ1) is 18.4. The maximum absolute atomic E-state index is 6.26. The lowest BCUT2D eigenvalue weighted by Gasteiger charge is -2.43. The van der Waals surface area contributed by atoms with E-state index in [0.29, 0.717) is 6.04 Å². The van der Waals surface area contributed by atoms with Gasteiger partial charge < -0.3 is 18.4 Å². The Kier molecular flexibility index (Phi) is 4.52. The molecule has 0 N–H and O–H groups in total. The Balaban J connectivity index is 2.29. The Bertz CT molecular complexity index is 845. The summed E-state index contributed by atoms with van der Waals surface area (Å²) >= 11 is 0. The van der Waals surface area contributed by atoms with E-state index in [1.165, 1.54) is 0 Å². The highest BCUT2D eigenvalue weighted by Crippen LogP contribution is 2.47. The molecule has 0 bridgehead atoms. The molecule has 0 saturated heterocycles. The lowest BCUT2D eigenvalue weighted by molar-refractivity contribution is -0.0549. The van der Waals surface area contributed by atoms with Crippen LogP contribution in [-0.4, -0.2) is 35.8 Å². The molecule has 0 fully saturated rings. The Morgan fingerprint density at radius 3 is 1.85 bits per heavy atom. The minimum absolute atomic E-state index is 0.338. The van der Waals surface area contributed by atoms with E-state index < -0.39 is 11.0 Å². The van der Waals surface area contributed by atoms with Gasteiger partial charge in [0.25, 0.3) is 0 Å². The fourth-order valence-electron chi connectivity index (χ4n) is 3.63. The summed E-state index contributed by atoms with van der Waals surface area (Å²) in [6, 6.07) is 0.338. The average Bonchev–Trinajstić information content (AvgIpc) is 3.31. The zero-order valence-electron chi connectivity index (χ0n) is 16.6. The van der Waals surface area contributed by atoms with Crippen molar-refractivity contribution in [2.45, 2.75) is 44.8 Å². The molecule has 3 rings (SSSR count). The number of imidazole rings is 3. The first-order valence-corrected chi connectivity index (χ1v) is 8.80. The number of nitrogens with zero attached hydrogens (tertiary/aromatic N) is 6. The Hall–Kier alpha value is -2.41. The number of aromatic nitrogens is 6. The molecule has 0 aliphatic carbocycles. The minimum Gasteiger partial charge on any atom is -0.361 e. The average molecular weight is 356 g/mol. The molecule has 3 aromatic heterocycles. The monoisotopic (exact) mass is 356 g/mol. The van der Waals surface area contributed by atoms with E-state index in [1.807, 2.05) is 42.0 Å². The van der Waals surface area contributed by atoms with Crippen LogP contribution in [-0.2, 0) is 29.8 Å². The van der Waals surface area contributed by atoms with Gasteiger partial charge in [-0.2, -0.15) is 0 Å². The van der Waals surface area contributed by atoms with Crippen LogP contribution in [0.1, 0.15) is 51.1 Å². The molecule has 0 spiro atoms. The second-order valence-electron chi connectivity index (χ2n) is 7.53. The zero-order valence-corrected chi connectivity index (χ0v) is 16.6. The molecular formula is C19H28N6O. The van der Waals surface area contributed by atoms with Crippen molar-refractivity contribution in [2.75, 3.05) is 7.11 Å². The molecule has 0 unspecified atom stereocenters. The molecule has 3 aromatic rings. The third-order valence-corrected chi connectivity index (χ3v) is 5.30. The highest BCUT2D eigenvalue weighted by Gasteiger charge is 2.56. The van der Waals surface area contributed by atoms with Crippen LogP contribution in [0.2, 0.25) is 0 Å². The van der Waals surface area contributed by atoms with Gasteiger partial charge in [-0.05, 0) is 13.8 Å². The van der Waals surface area contributed by atoms with Crippen molar-refractivity contribution >= 4 is 0 Å². The van der Waals surface area contributed by atoms with E-state index >= 15 is 0 Å². The molecule has 140 valence electrons. The second kappa shape index (κ2) is 6.39. The van der Waals surface area contributed by atoms with Gasteiger partial charge in [0.15, 0.2) is 5.60 Å². The fourth-order valence-corrected chi connectivity index (χ4v) is 3.63. The quantitative estimate of drug-likeness (QED) is 0.681. The SMILES string of the molecule is COC(c1nccn1C)(c1nccn1C)C(C)(C)c1cn(C(C)C)cn1. The van der Waals surface area contributed by atoms with Crippen molar-refractivity contribution in [1.82, 2.24) is 28.7 Å². The van der Waals surface area contributed by atoms with Crippen LogP contribution < -0.4 is 0 Å². The van der Waals surface area contributed by atoms with Gasteiger partial charge in [-0.1, -0.05) is 13.8 Å². The largest absolute Gasteiger partial charge is 0.361 e. The summed E-state index contributed by atoms with van der Waals surface area (Å²) in [6.07, 6.45) is 11.4. The van der Waals surface area contributed by atoms with Crippen LogP contribution in [0.4, 0.5) is 0 Å². The smallest absolute Gasteiger partial charge is 0.193 e. The normalized spacial score (nSPS) is 12.9. The number of rotatable bonds is 6. The van der Waals surface area contributed by atoms with Crippen LogP contribution in [0.3, 0.4) is 0 Å². The summed E-state index contributed by atoms with van der Waals surface area (Å²) < 4.78 is 12.3. The van der Waals surface area contributed by atoms with Gasteiger partial charge >= 0.3 is 0 Å². The maximum atomic E-state index is 6.26. The van der Waals surface area contributed by atoms with Gasteiger partial charge in [0.1, 0.15) is 11.6 Å². The third kappa shape index (κ3) is 2.49. The molecule has 7 heteroatoms. The highest BCUT2D eigenvalue weighted by molar-refractivity contribution is 5.33. The molecule has 7 nitrogen and oxygen atoms in total. The number of hydrogen-bond acceptors (Lipinski definition) is 4. The van der Waals surface area contributed by atoms with Gasteiger partial charge in [0.05, 0.1) is 17.4 Å². The van der Waals surface area contributed by atoms with E-state index in [4.69, 9.17) is 9.72 Å². The van der Waals surface area contributed by atoms with Gasteiger partial charge in [-0.25, -0.2) is 15.0 Å². The molecule has 0 saturated carbocycles. The summed E-state index contributed by atoms with van der Waals surface area (Å²) in [4.78, 5) is 14.0. The van der Waals surface area contributed by atoms with E-state index in [0.717, 1.165) is 17.3 Å². The number of ether oxygens (including phenoxy) is 1. The molecule has 0 amide bonds. The fraction of sp³-hybridized carbons (Fsp3) is 0.526. The van der Waals surface area contributed by atoms with Crippen LogP contribution in [0.15, 0.2) is 37.3 Å². The minimum atomic E-state index is -0.903. The van der Waals surface area contributed by atoms with Crippen LogP contribution in [0.25, 0.3) is 0 Å². The molecule has 26 heavy (non-hydrogen) atoms. The molecular weight excluding hydrogens is 328 g/mol. The van der Waals surface area contributed by atoms with Gasteiger partial charge in [0, 0.05) is 58.2 Å². The second-order valence-corrected chi connectivity index (χ2v) is 7.53. The van der Waals surface area contributed by atoms with Crippen LogP contribution in [0.5, 0.6) is 0 Å². The van der Waals surface area contributed by atoms with Gasteiger partial charge in [-0.3, -0.25) is 0 Å². The molecule has 0 aliphatic heterocycles. The predicted octanol–water partition coefficient (Wildman–Crippen LogP) is 2.80. The van der Waals surface area contributed by atoms with Crippen LogP contribution in [0, 0.1) is 0 Å². The summed E-state index contributed by atoms with van der Waals surface area (Å²) in [5.74, 6) is 1.58. The van der Waals surface area contributed by atoms with E-state index in [2.05, 4.69) is 48.4 Å². The topological polar surface area (TPSA) is 62.7 Å². The van der Waals surface area contributed by atoms with Crippen molar-refractivity contribution in [3.8, 4) is 0 Å². The Morgan fingerprint density at radius 2 is 1.50 bits per heavy atom. The van der Waals surface area contributed by atoms with E-state index in [-0.39, 0.29) is 0 Å². The van der Waals surface area contributed by atoms with E-state index in [1.54, 1.807) is 19.5 Å². The maximum Gasteiger partial charge on any atom is 0.193 e. The van der Waals surface area contributed by atoms with Crippen molar-refractivity contribution < 1.29 is 4.74 Å². The first-order valence-electron chi connectivity index (χ1n) is 8.80. The van der Waals surface area contributed by atoms with Crippen molar-refractivity contribution in [3.05, 3.63) is 54.7 Å². The predicted molar refractivity (Wildman–Crippen MR) is 99.8 cm³/mol. The summed E-state index contributed by atoms with van der Waals surface area (Å²) in [6.45, 7) is 8.54. The van der Waals surface area contributed by atoms with Crippen molar-refractivity contribution in [2.24, 2.45) is 14.1 Å². The first-order chi connectivity index (χ1) is 12.3. The Morgan fingerprint density at radius 1 is 0.962 bits per heavy atom. The summed E-state index contributed by atoms with van der Waals surface area (Å²) in [5.41, 5.74) is -0.501. The van der Waals surface area contributed by atoms with Gasteiger partial charge in [0.2, 0.25) is 0 Å². The number of hydrogen-bond donors (Lipinski definition) is 0. The molecule has 0 aromatic carbocycles. The zero-order chi connectivity index (χ0) is 19.1. The van der Waals surface area contributed by atoms with Crippen molar-refractivity contribution in [1.29, 1.82) is 0 Å². The number of methoxy groups -OCH3 is 1. The lowest BCUT2D eigenvalue weighted by atomic mass is 9.71. The van der Waals surface area contributed by atoms with Gasteiger partial charge in [-0.15, -0.1) is 0 Å². The lowest BCUT2D eigenvalue weighted by Crippen LogP contribution is -2.51. The molecule has 0 radical (unpaired) electrons.